The molecule has 1 aromatic heterocycles. The average molecular weight is 485 g/mol. The Morgan fingerprint density at radius 3 is 2.40 bits per heavy atom. The molecular weight excluding hydrogens is 479 g/mol. The van der Waals surface area contributed by atoms with Gasteiger partial charge in [0.05, 0.1) is 16.5 Å². The zero-order valence-corrected chi connectivity index (χ0v) is 14.8. The van der Waals surface area contributed by atoms with Crippen LogP contribution in [0.3, 0.4) is 0 Å². The van der Waals surface area contributed by atoms with Crippen LogP contribution < -0.4 is 11.2 Å². The summed E-state index contributed by atoms with van der Waals surface area (Å²) in [6, 6.07) is 3.79. The van der Waals surface area contributed by atoms with Crippen LogP contribution in [0.4, 0.5) is 17.6 Å². The minimum Gasteiger partial charge on any atom is -0.306 e. The van der Waals surface area contributed by atoms with E-state index in [9.17, 15) is 27.2 Å². The highest BCUT2D eigenvalue weighted by atomic mass is 127. The van der Waals surface area contributed by atoms with Crippen molar-refractivity contribution in [2.45, 2.75) is 6.18 Å². The summed E-state index contributed by atoms with van der Waals surface area (Å²) in [6.07, 6.45) is -4.86. The quantitative estimate of drug-likeness (QED) is 0.400. The second kappa shape index (κ2) is 6.13. The van der Waals surface area contributed by atoms with Crippen LogP contribution in [0.2, 0.25) is 5.02 Å². The maximum atomic E-state index is 14.2. The van der Waals surface area contributed by atoms with Crippen LogP contribution in [0.1, 0.15) is 5.56 Å². The van der Waals surface area contributed by atoms with E-state index in [4.69, 9.17) is 11.6 Å². The lowest BCUT2D eigenvalue weighted by Crippen LogP contribution is -2.23. The fraction of sp³-hybridized carbons (Fsp3) is 0.0667. The standard InChI is InChI=1S/C15H6ClF4IN2O2/c16-5-1-2-9(17)6(3-5)10-8(15(18,19)20)4-7-12(11(10)21)22-14(25)23-13(7)24/h1-4H,(H2,22,23,24,25). The van der Waals surface area contributed by atoms with Gasteiger partial charge in [0.15, 0.2) is 0 Å². The highest BCUT2D eigenvalue weighted by Gasteiger charge is 2.36. The van der Waals surface area contributed by atoms with Crippen LogP contribution in [-0.4, -0.2) is 9.97 Å². The van der Waals surface area contributed by atoms with Gasteiger partial charge in [0.25, 0.3) is 5.56 Å². The Kier molecular flexibility index (Phi) is 4.40. The van der Waals surface area contributed by atoms with E-state index >= 15 is 0 Å². The molecule has 1 heterocycles. The molecule has 130 valence electrons. The van der Waals surface area contributed by atoms with Gasteiger partial charge in [-0.05, 0) is 46.9 Å². The third-order valence-electron chi connectivity index (χ3n) is 3.48. The number of hydrogen-bond donors (Lipinski definition) is 2. The smallest absolute Gasteiger partial charge is 0.306 e. The topological polar surface area (TPSA) is 65.7 Å². The summed E-state index contributed by atoms with van der Waals surface area (Å²) < 4.78 is 54.7. The second-order valence-electron chi connectivity index (χ2n) is 5.07. The molecule has 3 aromatic rings. The first-order chi connectivity index (χ1) is 11.6. The van der Waals surface area contributed by atoms with Crippen molar-refractivity contribution in [3.63, 3.8) is 0 Å². The molecule has 0 fully saturated rings. The Morgan fingerprint density at radius 1 is 1.08 bits per heavy atom. The molecule has 25 heavy (non-hydrogen) atoms. The Hall–Kier alpha value is -1.88. The molecule has 0 saturated carbocycles. The fourth-order valence-corrected chi connectivity index (χ4v) is 3.62. The van der Waals surface area contributed by atoms with Crippen molar-refractivity contribution in [1.82, 2.24) is 9.97 Å². The van der Waals surface area contributed by atoms with Gasteiger partial charge in [0.2, 0.25) is 0 Å². The Morgan fingerprint density at radius 2 is 1.76 bits per heavy atom. The molecule has 0 aliphatic rings. The van der Waals surface area contributed by atoms with Gasteiger partial charge < -0.3 is 4.98 Å². The fourth-order valence-electron chi connectivity index (χ4n) is 2.44. The first kappa shape index (κ1) is 17.9. The lowest BCUT2D eigenvalue weighted by molar-refractivity contribution is -0.137. The van der Waals surface area contributed by atoms with E-state index in [0.29, 0.717) is 6.07 Å². The van der Waals surface area contributed by atoms with E-state index in [1.54, 1.807) is 0 Å². The van der Waals surface area contributed by atoms with E-state index in [1.807, 2.05) is 4.98 Å². The van der Waals surface area contributed by atoms with E-state index in [2.05, 4.69) is 4.98 Å². The molecule has 2 aromatic carbocycles. The molecule has 10 heteroatoms. The molecule has 0 saturated heterocycles. The molecule has 4 nitrogen and oxygen atoms in total. The van der Waals surface area contributed by atoms with Gasteiger partial charge >= 0.3 is 11.9 Å². The Balaban J connectivity index is 2.57. The minimum atomic E-state index is -4.86. The molecule has 2 N–H and O–H groups in total. The second-order valence-corrected chi connectivity index (χ2v) is 6.58. The number of aromatic nitrogens is 2. The summed E-state index contributed by atoms with van der Waals surface area (Å²) in [5.41, 5.74) is -4.05. The molecule has 0 amide bonds. The van der Waals surface area contributed by atoms with Gasteiger partial charge in [-0.3, -0.25) is 9.78 Å². The number of hydrogen-bond acceptors (Lipinski definition) is 2. The average Bonchev–Trinajstić information content (AvgIpc) is 2.49. The van der Waals surface area contributed by atoms with Crippen LogP contribution >= 0.6 is 34.2 Å². The van der Waals surface area contributed by atoms with Crippen molar-refractivity contribution in [2.24, 2.45) is 0 Å². The van der Waals surface area contributed by atoms with Gasteiger partial charge in [-0.1, -0.05) is 11.6 Å². The number of alkyl halides is 3. The van der Waals surface area contributed by atoms with Crippen LogP contribution in [0.5, 0.6) is 0 Å². The van der Waals surface area contributed by atoms with Gasteiger partial charge in [0, 0.05) is 19.7 Å². The van der Waals surface area contributed by atoms with Crippen LogP contribution in [-0.2, 0) is 6.18 Å². The summed E-state index contributed by atoms with van der Waals surface area (Å²) in [6.45, 7) is 0. The first-order valence-corrected chi connectivity index (χ1v) is 8.06. The lowest BCUT2D eigenvalue weighted by atomic mass is 9.96. The summed E-state index contributed by atoms with van der Waals surface area (Å²) in [5.74, 6) is -0.917. The number of aromatic amines is 2. The highest BCUT2D eigenvalue weighted by Crippen LogP contribution is 2.43. The zero-order valence-electron chi connectivity index (χ0n) is 11.9. The van der Waals surface area contributed by atoms with Gasteiger partial charge in [-0.25, -0.2) is 9.18 Å². The molecule has 0 atom stereocenters. The predicted molar refractivity (Wildman–Crippen MR) is 93.3 cm³/mol. The number of fused-ring (bicyclic) bond motifs is 1. The number of nitrogens with one attached hydrogen (secondary N) is 2. The molecule has 0 unspecified atom stereocenters. The minimum absolute atomic E-state index is 0.0415. The predicted octanol–water partition coefficient (Wildman–Crippen LogP) is 4.30. The van der Waals surface area contributed by atoms with E-state index in [-0.39, 0.29) is 25.1 Å². The summed E-state index contributed by atoms with van der Waals surface area (Å²) in [7, 11) is 0. The van der Waals surface area contributed by atoms with Crippen LogP contribution in [0.15, 0.2) is 33.9 Å². The number of H-pyrrole nitrogens is 2. The summed E-state index contributed by atoms with van der Waals surface area (Å²) >= 11 is 7.33. The number of rotatable bonds is 1. The SMILES string of the molecule is O=c1[nH]c(=O)c2cc(C(F)(F)F)c(-c3cc(Cl)ccc3F)c(I)c2[nH]1. The van der Waals surface area contributed by atoms with Gasteiger partial charge in [-0.2, -0.15) is 13.2 Å². The third kappa shape index (κ3) is 3.17. The van der Waals surface area contributed by atoms with Crippen LogP contribution in [0, 0.1) is 9.39 Å². The number of halogens is 6. The monoisotopic (exact) mass is 484 g/mol. The first-order valence-electron chi connectivity index (χ1n) is 6.61. The van der Waals surface area contributed by atoms with Crippen molar-refractivity contribution in [3.05, 3.63) is 65.1 Å². The molecular formula is C15H6ClF4IN2O2. The maximum Gasteiger partial charge on any atom is 0.417 e. The number of benzene rings is 2. The van der Waals surface area contributed by atoms with E-state index in [1.165, 1.54) is 28.7 Å². The largest absolute Gasteiger partial charge is 0.417 e. The molecule has 0 spiro atoms. The van der Waals surface area contributed by atoms with E-state index in [0.717, 1.165) is 12.1 Å². The van der Waals surface area contributed by atoms with Crippen molar-refractivity contribution < 1.29 is 17.6 Å². The molecule has 3 rings (SSSR count). The molecule has 0 radical (unpaired) electrons. The highest BCUT2D eigenvalue weighted by molar-refractivity contribution is 14.1. The van der Waals surface area contributed by atoms with E-state index < -0.39 is 34.4 Å². The van der Waals surface area contributed by atoms with Gasteiger partial charge in [-0.15, -0.1) is 0 Å². The van der Waals surface area contributed by atoms with Crippen molar-refractivity contribution in [2.75, 3.05) is 0 Å². The zero-order chi connectivity index (χ0) is 18.5. The lowest BCUT2D eigenvalue weighted by Gasteiger charge is -2.17. The normalized spacial score (nSPS) is 11.9. The molecule has 0 aliphatic heterocycles. The Labute approximate surface area is 155 Å². The molecule has 0 bridgehead atoms. The summed E-state index contributed by atoms with van der Waals surface area (Å²) in [5, 5.41) is -0.317. The van der Waals surface area contributed by atoms with Crippen molar-refractivity contribution >= 4 is 45.1 Å². The van der Waals surface area contributed by atoms with Crippen molar-refractivity contribution in [3.8, 4) is 11.1 Å². The molecule has 0 aliphatic carbocycles. The third-order valence-corrected chi connectivity index (χ3v) is 4.79. The maximum absolute atomic E-state index is 14.2. The van der Waals surface area contributed by atoms with Crippen molar-refractivity contribution in [1.29, 1.82) is 0 Å². The van der Waals surface area contributed by atoms with Crippen LogP contribution in [0.25, 0.3) is 22.0 Å². The van der Waals surface area contributed by atoms with Gasteiger partial charge in [0.1, 0.15) is 5.82 Å². The Bertz CT molecular complexity index is 1120. The summed E-state index contributed by atoms with van der Waals surface area (Å²) in [4.78, 5) is 27.5.